The molecule has 0 unspecified atom stereocenters. The molecule has 2 aromatic rings. The van der Waals surface area contributed by atoms with Gasteiger partial charge in [-0.2, -0.15) is 5.10 Å². The van der Waals surface area contributed by atoms with Gasteiger partial charge in [-0.1, -0.05) is 0 Å². The van der Waals surface area contributed by atoms with Crippen LogP contribution in [0.1, 0.15) is 22.8 Å². The summed E-state index contributed by atoms with van der Waals surface area (Å²) < 4.78 is 13.7. The number of H-pyrrole nitrogens is 1. The summed E-state index contributed by atoms with van der Waals surface area (Å²) in [6.45, 7) is 4.76. The Bertz CT molecular complexity index is 555. The van der Waals surface area contributed by atoms with E-state index < -0.39 is 6.17 Å². The third-order valence-corrected chi connectivity index (χ3v) is 4.58. The predicted molar refractivity (Wildman–Crippen MR) is 80.9 cm³/mol. The third-order valence-electron chi connectivity index (χ3n) is 3.76. The minimum atomic E-state index is -0.733. The SMILES string of the molecule is Cc1nc(CN2C[C@@H](F)C[C@H]2CNCc2ccn[nH]2)cs1. The van der Waals surface area contributed by atoms with E-state index in [1.54, 1.807) is 17.5 Å². The Kier molecular flexibility index (Phi) is 4.62. The number of rotatable bonds is 6. The van der Waals surface area contributed by atoms with E-state index >= 15 is 0 Å². The zero-order chi connectivity index (χ0) is 14.7. The van der Waals surface area contributed by atoms with Gasteiger partial charge in [0.25, 0.3) is 0 Å². The van der Waals surface area contributed by atoms with Gasteiger partial charge in [-0.15, -0.1) is 11.3 Å². The largest absolute Gasteiger partial charge is 0.310 e. The van der Waals surface area contributed by atoms with Crippen LogP contribution in [0.25, 0.3) is 0 Å². The summed E-state index contributed by atoms with van der Waals surface area (Å²) in [5.41, 5.74) is 2.09. The van der Waals surface area contributed by atoms with Gasteiger partial charge in [0.15, 0.2) is 0 Å². The molecule has 3 rings (SSSR count). The maximum Gasteiger partial charge on any atom is 0.114 e. The monoisotopic (exact) mass is 309 g/mol. The van der Waals surface area contributed by atoms with E-state index in [2.05, 4.69) is 30.8 Å². The van der Waals surface area contributed by atoms with Crippen LogP contribution in [0.15, 0.2) is 17.6 Å². The number of nitrogens with zero attached hydrogens (tertiary/aromatic N) is 3. The fraction of sp³-hybridized carbons (Fsp3) is 0.571. The quantitative estimate of drug-likeness (QED) is 0.855. The third kappa shape index (κ3) is 3.87. The van der Waals surface area contributed by atoms with E-state index in [-0.39, 0.29) is 6.04 Å². The highest BCUT2D eigenvalue weighted by atomic mass is 32.1. The summed E-state index contributed by atoms with van der Waals surface area (Å²) in [6, 6.07) is 2.17. The topological polar surface area (TPSA) is 56.8 Å². The van der Waals surface area contributed by atoms with Crippen molar-refractivity contribution in [2.75, 3.05) is 13.1 Å². The van der Waals surface area contributed by atoms with E-state index in [9.17, 15) is 4.39 Å². The number of halogens is 1. The van der Waals surface area contributed by atoms with Crippen LogP contribution >= 0.6 is 11.3 Å². The smallest absolute Gasteiger partial charge is 0.114 e. The highest BCUT2D eigenvalue weighted by Crippen LogP contribution is 2.23. The summed E-state index contributed by atoms with van der Waals surface area (Å²) in [5, 5.41) is 13.3. The summed E-state index contributed by atoms with van der Waals surface area (Å²) in [7, 11) is 0. The van der Waals surface area contributed by atoms with Crippen molar-refractivity contribution in [3.63, 3.8) is 0 Å². The molecule has 0 spiro atoms. The number of nitrogens with one attached hydrogen (secondary N) is 2. The van der Waals surface area contributed by atoms with Crippen LogP contribution in [0.3, 0.4) is 0 Å². The van der Waals surface area contributed by atoms with Gasteiger partial charge < -0.3 is 5.32 Å². The lowest BCUT2D eigenvalue weighted by molar-refractivity contribution is 0.228. The zero-order valence-corrected chi connectivity index (χ0v) is 12.9. The number of thiazole rings is 1. The van der Waals surface area contributed by atoms with Crippen molar-refractivity contribution < 1.29 is 4.39 Å². The number of alkyl halides is 1. The minimum absolute atomic E-state index is 0.227. The normalized spacial score (nSPS) is 23.0. The molecule has 21 heavy (non-hydrogen) atoms. The first kappa shape index (κ1) is 14.6. The highest BCUT2D eigenvalue weighted by Gasteiger charge is 2.32. The average Bonchev–Trinajstić information content (AvgIpc) is 3.14. The van der Waals surface area contributed by atoms with Gasteiger partial charge in [0.05, 0.1) is 10.7 Å². The van der Waals surface area contributed by atoms with Crippen molar-refractivity contribution in [1.29, 1.82) is 0 Å². The van der Waals surface area contributed by atoms with Gasteiger partial charge in [0.2, 0.25) is 0 Å². The van der Waals surface area contributed by atoms with Crippen molar-refractivity contribution >= 4 is 11.3 Å². The number of aryl methyl sites for hydroxylation is 1. The summed E-state index contributed by atoms with van der Waals surface area (Å²) in [4.78, 5) is 6.67. The number of likely N-dealkylation sites (tertiary alicyclic amines) is 1. The number of aromatic amines is 1. The molecule has 114 valence electrons. The zero-order valence-electron chi connectivity index (χ0n) is 12.1. The van der Waals surface area contributed by atoms with Gasteiger partial charge in [-0.3, -0.25) is 10.00 Å². The van der Waals surface area contributed by atoms with Gasteiger partial charge in [-0.25, -0.2) is 9.37 Å². The van der Waals surface area contributed by atoms with E-state index in [1.807, 2.05) is 13.0 Å². The van der Waals surface area contributed by atoms with Gasteiger partial charge in [-0.05, 0) is 19.4 Å². The molecular formula is C14H20FN5S. The molecule has 2 N–H and O–H groups in total. The first-order valence-corrected chi connectivity index (χ1v) is 8.07. The van der Waals surface area contributed by atoms with E-state index in [1.165, 1.54) is 0 Å². The Morgan fingerprint density at radius 3 is 3.19 bits per heavy atom. The summed E-state index contributed by atoms with van der Waals surface area (Å²) in [5.74, 6) is 0. The van der Waals surface area contributed by atoms with E-state index in [0.717, 1.165) is 36.0 Å². The van der Waals surface area contributed by atoms with Gasteiger partial charge >= 0.3 is 0 Å². The Balaban J connectivity index is 1.52. The highest BCUT2D eigenvalue weighted by molar-refractivity contribution is 7.09. The lowest BCUT2D eigenvalue weighted by atomic mass is 10.2. The van der Waals surface area contributed by atoms with Crippen molar-refractivity contribution in [3.8, 4) is 0 Å². The molecule has 0 saturated carbocycles. The van der Waals surface area contributed by atoms with Crippen LogP contribution in [-0.2, 0) is 13.1 Å². The molecular weight excluding hydrogens is 289 g/mol. The molecule has 0 radical (unpaired) electrons. The molecule has 0 bridgehead atoms. The molecule has 1 saturated heterocycles. The maximum absolute atomic E-state index is 13.7. The molecule has 0 amide bonds. The average molecular weight is 309 g/mol. The molecule has 1 fully saturated rings. The van der Waals surface area contributed by atoms with Gasteiger partial charge in [0.1, 0.15) is 6.17 Å². The number of aromatic nitrogens is 3. The number of hydrogen-bond donors (Lipinski definition) is 2. The Morgan fingerprint density at radius 1 is 1.57 bits per heavy atom. The first-order valence-electron chi connectivity index (χ1n) is 7.19. The van der Waals surface area contributed by atoms with Crippen molar-refractivity contribution in [2.24, 2.45) is 0 Å². The molecule has 5 nitrogen and oxygen atoms in total. The van der Waals surface area contributed by atoms with Crippen LogP contribution in [-0.4, -0.2) is 45.4 Å². The molecule has 2 atom stereocenters. The fourth-order valence-corrected chi connectivity index (χ4v) is 3.38. The molecule has 1 aliphatic rings. The second kappa shape index (κ2) is 6.64. The Labute approximate surface area is 127 Å². The lowest BCUT2D eigenvalue weighted by Gasteiger charge is -2.23. The van der Waals surface area contributed by atoms with Gasteiger partial charge in [0, 0.05) is 49.5 Å². The molecule has 2 aromatic heterocycles. The van der Waals surface area contributed by atoms with Crippen molar-refractivity contribution in [3.05, 3.63) is 34.0 Å². The predicted octanol–water partition coefficient (Wildman–Crippen LogP) is 1.88. The van der Waals surface area contributed by atoms with Crippen molar-refractivity contribution in [2.45, 2.75) is 38.6 Å². The Hall–Kier alpha value is -1.31. The van der Waals surface area contributed by atoms with Crippen LogP contribution in [0, 0.1) is 6.92 Å². The van der Waals surface area contributed by atoms with E-state index in [4.69, 9.17) is 0 Å². The summed E-state index contributed by atoms with van der Waals surface area (Å²) >= 11 is 1.65. The molecule has 0 aromatic carbocycles. The van der Waals surface area contributed by atoms with Crippen LogP contribution in [0.5, 0.6) is 0 Å². The molecule has 7 heteroatoms. The molecule has 3 heterocycles. The lowest BCUT2D eigenvalue weighted by Crippen LogP contribution is -2.37. The van der Waals surface area contributed by atoms with Crippen LogP contribution in [0.2, 0.25) is 0 Å². The Morgan fingerprint density at radius 2 is 2.48 bits per heavy atom. The number of hydrogen-bond acceptors (Lipinski definition) is 5. The first-order chi connectivity index (χ1) is 10.2. The van der Waals surface area contributed by atoms with Crippen LogP contribution in [0.4, 0.5) is 4.39 Å². The second-order valence-electron chi connectivity index (χ2n) is 5.49. The second-order valence-corrected chi connectivity index (χ2v) is 6.55. The fourth-order valence-electron chi connectivity index (χ4n) is 2.77. The van der Waals surface area contributed by atoms with Crippen LogP contribution < -0.4 is 5.32 Å². The maximum atomic E-state index is 13.7. The van der Waals surface area contributed by atoms with Crippen molar-refractivity contribution in [1.82, 2.24) is 25.4 Å². The standard InChI is InChI=1S/C14H20FN5S/c1-10-18-13(9-21-10)8-20-7-11(15)4-14(20)6-16-5-12-2-3-17-19-12/h2-3,9,11,14,16H,4-8H2,1H3,(H,17,19)/t11-,14-/m0/s1. The minimum Gasteiger partial charge on any atom is -0.310 e. The summed E-state index contributed by atoms with van der Waals surface area (Å²) in [6.07, 6.45) is 1.60. The van der Waals surface area contributed by atoms with E-state index in [0.29, 0.717) is 13.0 Å². The molecule has 1 aliphatic heterocycles. The molecule has 0 aliphatic carbocycles.